The van der Waals surface area contributed by atoms with Gasteiger partial charge in [0.1, 0.15) is 5.75 Å². The van der Waals surface area contributed by atoms with E-state index in [9.17, 15) is 8.42 Å². The molecule has 1 aromatic carbocycles. The van der Waals surface area contributed by atoms with Crippen LogP contribution in [0.15, 0.2) is 23.1 Å². The Morgan fingerprint density at radius 1 is 1.33 bits per heavy atom. The fourth-order valence-electron chi connectivity index (χ4n) is 3.00. The van der Waals surface area contributed by atoms with Gasteiger partial charge in [-0.25, -0.2) is 8.42 Å². The molecule has 2 saturated heterocycles. The van der Waals surface area contributed by atoms with Crippen LogP contribution >= 0.6 is 0 Å². The summed E-state index contributed by atoms with van der Waals surface area (Å²) in [6.45, 7) is 1.10. The Labute approximate surface area is 124 Å². The van der Waals surface area contributed by atoms with E-state index < -0.39 is 10.0 Å². The zero-order valence-electron chi connectivity index (χ0n) is 12.0. The Hall–Kier alpha value is -1.15. The summed E-state index contributed by atoms with van der Waals surface area (Å²) < 4.78 is 37.9. The van der Waals surface area contributed by atoms with E-state index in [0.717, 1.165) is 12.8 Å². The van der Waals surface area contributed by atoms with Crippen LogP contribution in [0.1, 0.15) is 18.4 Å². The van der Waals surface area contributed by atoms with Crippen molar-refractivity contribution in [3.05, 3.63) is 23.8 Å². The van der Waals surface area contributed by atoms with Gasteiger partial charge in [0.15, 0.2) is 0 Å². The van der Waals surface area contributed by atoms with Crippen molar-refractivity contribution in [2.24, 2.45) is 5.73 Å². The van der Waals surface area contributed by atoms with Gasteiger partial charge in [-0.15, -0.1) is 0 Å². The van der Waals surface area contributed by atoms with Crippen molar-refractivity contribution >= 4 is 10.0 Å². The first-order valence-electron chi connectivity index (χ1n) is 7.07. The van der Waals surface area contributed by atoms with Gasteiger partial charge in [0, 0.05) is 25.2 Å². The summed E-state index contributed by atoms with van der Waals surface area (Å²) in [4.78, 5) is 0.269. The van der Waals surface area contributed by atoms with Crippen LogP contribution in [-0.2, 0) is 21.3 Å². The summed E-state index contributed by atoms with van der Waals surface area (Å²) in [5, 5.41) is 0. The minimum Gasteiger partial charge on any atom is -0.496 e. The number of rotatable bonds is 4. The molecule has 6 nitrogen and oxygen atoms in total. The molecule has 116 valence electrons. The van der Waals surface area contributed by atoms with Crippen molar-refractivity contribution in [3.8, 4) is 5.75 Å². The maximum atomic E-state index is 12.8. The van der Waals surface area contributed by atoms with E-state index >= 15 is 0 Å². The molecule has 2 N–H and O–H groups in total. The second-order valence-electron chi connectivity index (χ2n) is 5.46. The Morgan fingerprint density at radius 2 is 2.00 bits per heavy atom. The van der Waals surface area contributed by atoms with Crippen LogP contribution in [0.4, 0.5) is 0 Å². The van der Waals surface area contributed by atoms with E-state index in [1.54, 1.807) is 25.3 Å². The van der Waals surface area contributed by atoms with E-state index in [1.165, 1.54) is 4.31 Å². The second kappa shape index (κ2) is 5.57. The van der Waals surface area contributed by atoms with Gasteiger partial charge in [0.2, 0.25) is 10.0 Å². The number of nitrogens with two attached hydrogens (primary N) is 1. The Balaban J connectivity index is 1.91. The Kier molecular flexibility index (Phi) is 3.92. The molecule has 2 atom stereocenters. The third-order valence-electron chi connectivity index (χ3n) is 4.12. The van der Waals surface area contributed by atoms with Crippen molar-refractivity contribution in [1.82, 2.24) is 4.31 Å². The summed E-state index contributed by atoms with van der Waals surface area (Å²) in [5.41, 5.74) is 6.35. The average molecular weight is 312 g/mol. The lowest BCUT2D eigenvalue weighted by atomic mass is 10.2. The van der Waals surface area contributed by atoms with Crippen LogP contribution in [-0.4, -0.2) is 45.1 Å². The number of sulfonamides is 1. The van der Waals surface area contributed by atoms with E-state index in [-0.39, 0.29) is 23.6 Å². The normalized spacial score (nSPS) is 26.0. The molecule has 1 aromatic rings. The molecule has 2 aliphatic rings. The van der Waals surface area contributed by atoms with Gasteiger partial charge >= 0.3 is 0 Å². The minimum atomic E-state index is -3.50. The Morgan fingerprint density at radius 3 is 2.57 bits per heavy atom. The monoisotopic (exact) mass is 312 g/mol. The third-order valence-corrected chi connectivity index (χ3v) is 5.95. The maximum Gasteiger partial charge on any atom is 0.243 e. The first-order valence-corrected chi connectivity index (χ1v) is 8.51. The molecule has 2 aliphatic heterocycles. The summed E-state index contributed by atoms with van der Waals surface area (Å²) >= 11 is 0. The molecule has 0 amide bonds. The summed E-state index contributed by atoms with van der Waals surface area (Å²) in [6.07, 6.45) is 1.94. The molecule has 21 heavy (non-hydrogen) atoms. The highest BCUT2D eigenvalue weighted by Gasteiger charge is 2.39. The first kappa shape index (κ1) is 14.8. The predicted octanol–water partition coefficient (Wildman–Crippen LogP) is 0.706. The molecular weight excluding hydrogens is 292 g/mol. The molecule has 0 aromatic heterocycles. The zero-order valence-corrected chi connectivity index (χ0v) is 12.8. The van der Waals surface area contributed by atoms with Crippen molar-refractivity contribution in [2.75, 3.05) is 20.2 Å². The highest BCUT2D eigenvalue weighted by atomic mass is 32.2. The molecule has 0 radical (unpaired) electrons. The number of fused-ring (bicyclic) bond motifs is 2. The van der Waals surface area contributed by atoms with E-state index in [1.807, 2.05) is 0 Å². The van der Waals surface area contributed by atoms with Crippen LogP contribution in [0.2, 0.25) is 0 Å². The molecule has 2 unspecified atom stereocenters. The molecule has 7 heteroatoms. The fourth-order valence-corrected chi connectivity index (χ4v) is 4.55. The van der Waals surface area contributed by atoms with E-state index in [2.05, 4.69) is 0 Å². The molecule has 2 bridgehead atoms. The third kappa shape index (κ3) is 2.66. The SMILES string of the molecule is COc1ccc(S(=O)(=O)N2CC3CCC(C2)O3)cc1CN. The smallest absolute Gasteiger partial charge is 0.243 e. The lowest BCUT2D eigenvalue weighted by molar-refractivity contribution is -0.0114. The number of morpholine rings is 1. The number of methoxy groups -OCH3 is 1. The molecule has 3 rings (SSSR count). The topological polar surface area (TPSA) is 81.9 Å². The summed E-state index contributed by atoms with van der Waals surface area (Å²) in [7, 11) is -1.96. The van der Waals surface area contributed by atoms with Crippen molar-refractivity contribution in [1.29, 1.82) is 0 Å². The van der Waals surface area contributed by atoms with Gasteiger partial charge in [-0.1, -0.05) is 0 Å². The fraction of sp³-hybridized carbons (Fsp3) is 0.571. The van der Waals surface area contributed by atoms with Gasteiger partial charge in [-0.2, -0.15) is 4.31 Å². The van der Waals surface area contributed by atoms with Crippen molar-refractivity contribution in [2.45, 2.75) is 36.5 Å². The average Bonchev–Trinajstić information content (AvgIpc) is 2.84. The summed E-state index contributed by atoms with van der Waals surface area (Å²) in [5.74, 6) is 0.610. The molecule has 0 saturated carbocycles. The van der Waals surface area contributed by atoms with Gasteiger partial charge < -0.3 is 15.2 Å². The predicted molar refractivity (Wildman–Crippen MR) is 77.5 cm³/mol. The molecule has 0 aliphatic carbocycles. The largest absolute Gasteiger partial charge is 0.496 e. The standard InChI is InChI=1S/C14H20N2O4S/c1-19-14-5-4-13(6-10(14)7-15)21(17,18)16-8-11-2-3-12(9-16)20-11/h4-6,11-12H,2-3,7-9,15H2,1H3. The lowest BCUT2D eigenvalue weighted by Crippen LogP contribution is -2.45. The van der Waals surface area contributed by atoms with Gasteiger partial charge in [0.25, 0.3) is 0 Å². The second-order valence-corrected chi connectivity index (χ2v) is 7.40. The molecule has 2 heterocycles. The number of hydrogen-bond acceptors (Lipinski definition) is 5. The number of nitrogens with zero attached hydrogens (tertiary/aromatic N) is 1. The quantitative estimate of drug-likeness (QED) is 0.885. The number of benzene rings is 1. The van der Waals surface area contributed by atoms with Crippen molar-refractivity contribution in [3.63, 3.8) is 0 Å². The van der Waals surface area contributed by atoms with Gasteiger partial charge in [-0.3, -0.25) is 0 Å². The maximum absolute atomic E-state index is 12.8. The molecular formula is C14H20N2O4S. The zero-order chi connectivity index (χ0) is 15.0. The highest BCUT2D eigenvalue weighted by Crippen LogP contribution is 2.31. The van der Waals surface area contributed by atoms with E-state index in [0.29, 0.717) is 24.4 Å². The summed E-state index contributed by atoms with van der Waals surface area (Å²) in [6, 6.07) is 4.83. The van der Waals surface area contributed by atoms with Gasteiger partial charge in [0.05, 0.1) is 24.2 Å². The lowest BCUT2D eigenvalue weighted by Gasteiger charge is -2.31. The molecule has 0 spiro atoms. The number of hydrogen-bond donors (Lipinski definition) is 1. The molecule has 2 fully saturated rings. The van der Waals surface area contributed by atoms with E-state index in [4.69, 9.17) is 15.2 Å². The van der Waals surface area contributed by atoms with Crippen LogP contribution in [0.25, 0.3) is 0 Å². The van der Waals surface area contributed by atoms with Crippen LogP contribution in [0.3, 0.4) is 0 Å². The highest BCUT2D eigenvalue weighted by molar-refractivity contribution is 7.89. The van der Waals surface area contributed by atoms with Crippen molar-refractivity contribution < 1.29 is 17.9 Å². The first-order chi connectivity index (χ1) is 10.0. The van der Waals surface area contributed by atoms with Gasteiger partial charge in [-0.05, 0) is 31.0 Å². The van der Waals surface area contributed by atoms with Crippen LogP contribution in [0, 0.1) is 0 Å². The van der Waals surface area contributed by atoms with Crippen LogP contribution in [0.5, 0.6) is 5.75 Å². The minimum absolute atomic E-state index is 0.0331. The Bertz CT molecular complexity index is 620. The van der Waals surface area contributed by atoms with Crippen LogP contribution < -0.4 is 10.5 Å². The number of ether oxygens (including phenoxy) is 2.